The van der Waals surface area contributed by atoms with Crippen molar-refractivity contribution in [2.24, 2.45) is 0 Å². The Morgan fingerprint density at radius 2 is 1.10 bits per heavy atom. The summed E-state index contributed by atoms with van der Waals surface area (Å²) >= 11 is 0. The molecule has 0 spiro atoms. The number of pyridine rings is 1. The number of ketones is 2. The largest absolute Gasteiger partial charge is 0.289 e. The fourth-order valence-corrected chi connectivity index (χ4v) is 3.85. The number of nitrogens with zero attached hydrogens (tertiary/aromatic N) is 1. The second-order valence-corrected chi connectivity index (χ2v) is 7.68. The summed E-state index contributed by atoms with van der Waals surface area (Å²) in [4.78, 5) is 31.7. The standard InChI is InChI=1S/C28H23NO2/c1-18-14-16-21(17-15-18)26-25(28(31)23-12-8-5-9-13-23)19(2)24(20(3)29-26)27(30)22-10-6-4-7-11-22/h4-17H,1-3H3. The Morgan fingerprint density at radius 3 is 1.61 bits per heavy atom. The first kappa shape index (κ1) is 20.4. The molecule has 0 unspecified atom stereocenters. The maximum Gasteiger partial charge on any atom is 0.195 e. The molecule has 0 aliphatic heterocycles. The molecule has 0 aliphatic rings. The Labute approximate surface area is 182 Å². The molecule has 4 rings (SSSR count). The summed E-state index contributed by atoms with van der Waals surface area (Å²) in [7, 11) is 0. The van der Waals surface area contributed by atoms with Gasteiger partial charge in [0.05, 0.1) is 11.3 Å². The van der Waals surface area contributed by atoms with Crippen LogP contribution >= 0.6 is 0 Å². The van der Waals surface area contributed by atoms with Crippen LogP contribution in [0.2, 0.25) is 0 Å². The summed E-state index contributed by atoms with van der Waals surface area (Å²) in [6.45, 7) is 5.70. The van der Waals surface area contributed by atoms with Gasteiger partial charge in [-0.25, -0.2) is 0 Å². The van der Waals surface area contributed by atoms with Crippen LogP contribution < -0.4 is 0 Å². The SMILES string of the molecule is Cc1ccc(-c2nc(C)c(C(=O)c3ccccc3)c(C)c2C(=O)c2ccccc2)cc1. The van der Waals surface area contributed by atoms with Crippen molar-refractivity contribution < 1.29 is 9.59 Å². The molecule has 31 heavy (non-hydrogen) atoms. The van der Waals surface area contributed by atoms with Crippen LogP contribution in [0.4, 0.5) is 0 Å². The summed E-state index contributed by atoms with van der Waals surface area (Å²) in [5.74, 6) is -0.260. The van der Waals surface area contributed by atoms with E-state index in [4.69, 9.17) is 4.98 Å². The minimum absolute atomic E-state index is 0.124. The molecule has 3 heteroatoms. The summed E-state index contributed by atoms with van der Waals surface area (Å²) in [6, 6.07) is 26.2. The number of hydrogen-bond acceptors (Lipinski definition) is 3. The third-order valence-corrected chi connectivity index (χ3v) is 5.48. The number of aromatic nitrogens is 1. The molecule has 1 aromatic heterocycles. The van der Waals surface area contributed by atoms with E-state index >= 15 is 0 Å². The Kier molecular flexibility index (Phi) is 5.59. The van der Waals surface area contributed by atoms with Gasteiger partial charge in [-0.15, -0.1) is 0 Å². The summed E-state index contributed by atoms with van der Waals surface area (Å²) < 4.78 is 0. The molecule has 0 atom stereocenters. The number of benzene rings is 3. The van der Waals surface area contributed by atoms with Gasteiger partial charge < -0.3 is 0 Å². The van der Waals surface area contributed by atoms with E-state index in [1.54, 1.807) is 24.3 Å². The maximum absolute atomic E-state index is 13.6. The molecular weight excluding hydrogens is 382 g/mol. The number of carbonyl (C=O) groups is 2. The van der Waals surface area contributed by atoms with Crippen LogP contribution in [-0.4, -0.2) is 16.6 Å². The van der Waals surface area contributed by atoms with Crippen LogP contribution in [0.15, 0.2) is 84.9 Å². The topological polar surface area (TPSA) is 47.0 Å². The summed E-state index contributed by atoms with van der Waals surface area (Å²) in [5.41, 5.74) is 5.98. The zero-order valence-corrected chi connectivity index (χ0v) is 17.8. The fourth-order valence-electron chi connectivity index (χ4n) is 3.85. The van der Waals surface area contributed by atoms with Crippen molar-refractivity contribution in [1.82, 2.24) is 4.98 Å². The van der Waals surface area contributed by atoms with E-state index in [1.807, 2.05) is 81.4 Å². The van der Waals surface area contributed by atoms with Crippen LogP contribution in [0.25, 0.3) is 11.3 Å². The molecule has 4 aromatic rings. The first-order valence-electron chi connectivity index (χ1n) is 10.2. The minimum atomic E-state index is -0.136. The van der Waals surface area contributed by atoms with E-state index < -0.39 is 0 Å². The molecule has 0 amide bonds. The van der Waals surface area contributed by atoms with Crippen molar-refractivity contribution in [3.63, 3.8) is 0 Å². The fraction of sp³-hybridized carbons (Fsp3) is 0.107. The zero-order valence-electron chi connectivity index (χ0n) is 17.8. The van der Waals surface area contributed by atoms with Gasteiger partial charge in [0, 0.05) is 27.9 Å². The molecule has 0 radical (unpaired) electrons. The smallest absolute Gasteiger partial charge is 0.195 e. The second kappa shape index (κ2) is 8.49. The number of carbonyl (C=O) groups excluding carboxylic acids is 2. The molecule has 3 aromatic carbocycles. The predicted molar refractivity (Wildman–Crippen MR) is 124 cm³/mol. The van der Waals surface area contributed by atoms with Gasteiger partial charge in [-0.2, -0.15) is 0 Å². The van der Waals surface area contributed by atoms with E-state index in [2.05, 4.69) is 0 Å². The van der Waals surface area contributed by atoms with Gasteiger partial charge in [0.15, 0.2) is 11.6 Å². The lowest BCUT2D eigenvalue weighted by atomic mass is 9.88. The van der Waals surface area contributed by atoms with Gasteiger partial charge in [-0.05, 0) is 26.3 Å². The van der Waals surface area contributed by atoms with Crippen molar-refractivity contribution in [3.8, 4) is 11.3 Å². The Balaban J connectivity index is 1.97. The normalized spacial score (nSPS) is 10.7. The third kappa shape index (κ3) is 3.95. The number of hydrogen-bond donors (Lipinski definition) is 0. The lowest BCUT2D eigenvalue weighted by Gasteiger charge is -2.17. The highest BCUT2D eigenvalue weighted by atomic mass is 16.1. The quantitative estimate of drug-likeness (QED) is 0.375. The highest BCUT2D eigenvalue weighted by molar-refractivity contribution is 6.17. The predicted octanol–water partition coefficient (Wildman–Crippen LogP) is 6.14. The van der Waals surface area contributed by atoms with Crippen molar-refractivity contribution >= 4 is 11.6 Å². The molecule has 0 saturated carbocycles. The zero-order chi connectivity index (χ0) is 22.0. The van der Waals surface area contributed by atoms with Crippen molar-refractivity contribution in [2.45, 2.75) is 20.8 Å². The van der Waals surface area contributed by atoms with Crippen LogP contribution in [0.5, 0.6) is 0 Å². The summed E-state index contributed by atoms with van der Waals surface area (Å²) in [6.07, 6.45) is 0. The van der Waals surface area contributed by atoms with E-state index in [0.717, 1.165) is 11.1 Å². The molecule has 3 nitrogen and oxygen atoms in total. The van der Waals surface area contributed by atoms with Crippen LogP contribution in [0.1, 0.15) is 48.7 Å². The molecule has 0 aliphatic carbocycles. The number of rotatable bonds is 5. The van der Waals surface area contributed by atoms with Crippen molar-refractivity contribution in [1.29, 1.82) is 0 Å². The molecule has 152 valence electrons. The Bertz CT molecular complexity index is 1260. The molecular formula is C28H23NO2. The van der Waals surface area contributed by atoms with E-state index in [1.165, 1.54) is 0 Å². The lowest BCUT2D eigenvalue weighted by molar-refractivity contribution is 0.103. The first-order chi connectivity index (χ1) is 15.0. The Hall–Kier alpha value is -3.85. The lowest BCUT2D eigenvalue weighted by Crippen LogP contribution is -2.15. The second-order valence-electron chi connectivity index (χ2n) is 7.68. The van der Waals surface area contributed by atoms with E-state index in [-0.39, 0.29) is 11.6 Å². The van der Waals surface area contributed by atoms with Crippen LogP contribution in [0, 0.1) is 20.8 Å². The maximum atomic E-state index is 13.6. The monoisotopic (exact) mass is 405 g/mol. The molecule has 0 fully saturated rings. The molecule has 1 heterocycles. The third-order valence-electron chi connectivity index (χ3n) is 5.48. The van der Waals surface area contributed by atoms with Crippen molar-refractivity contribution in [3.05, 3.63) is 124 Å². The highest BCUT2D eigenvalue weighted by Crippen LogP contribution is 2.31. The number of aryl methyl sites for hydroxylation is 2. The molecule has 0 saturated heterocycles. The van der Waals surface area contributed by atoms with Crippen LogP contribution in [-0.2, 0) is 0 Å². The molecule has 0 N–H and O–H groups in total. The molecule has 0 bridgehead atoms. The first-order valence-corrected chi connectivity index (χ1v) is 10.2. The van der Waals surface area contributed by atoms with E-state index in [9.17, 15) is 9.59 Å². The highest BCUT2D eigenvalue weighted by Gasteiger charge is 2.26. The van der Waals surface area contributed by atoms with Gasteiger partial charge in [-0.1, -0.05) is 90.5 Å². The average Bonchev–Trinajstić information content (AvgIpc) is 2.80. The Morgan fingerprint density at radius 1 is 0.613 bits per heavy atom. The van der Waals surface area contributed by atoms with Gasteiger partial charge >= 0.3 is 0 Å². The average molecular weight is 405 g/mol. The summed E-state index contributed by atoms with van der Waals surface area (Å²) in [5, 5.41) is 0. The van der Waals surface area contributed by atoms with Gasteiger partial charge in [0.1, 0.15) is 0 Å². The van der Waals surface area contributed by atoms with Crippen molar-refractivity contribution in [2.75, 3.05) is 0 Å². The van der Waals surface area contributed by atoms with Gasteiger partial charge in [0.2, 0.25) is 0 Å². The van der Waals surface area contributed by atoms with E-state index in [0.29, 0.717) is 39.2 Å². The minimum Gasteiger partial charge on any atom is -0.289 e. The van der Waals surface area contributed by atoms with Gasteiger partial charge in [-0.3, -0.25) is 14.6 Å². The van der Waals surface area contributed by atoms with Gasteiger partial charge in [0.25, 0.3) is 0 Å². The van der Waals surface area contributed by atoms with Crippen LogP contribution in [0.3, 0.4) is 0 Å².